The highest BCUT2D eigenvalue weighted by molar-refractivity contribution is 5.87. The van der Waals surface area contributed by atoms with E-state index >= 15 is 0 Å². The Morgan fingerprint density at radius 2 is 1.89 bits per heavy atom. The lowest BCUT2D eigenvalue weighted by molar-refractivity contribution is -0.154. The van der Waals surface area contributed by atoms with Gasteiger partial charge in [-0.05, 0) is 50.3 Å². The van der Waals surface area contributed by atoms with Gasteiger partial charge in [0.2, 0.25) is 0 Å². The Morgan fingerprint density at radius 1 is 1.32 bits per heavy atom. The maximum Gasteiger partial charge on any atom is 0.333 e. The number of phenols is 1. The van der Waals surface area contributed by atoms with Crippen LogP contribution in [0.4, 0.5) is 0 Å². The molecule has 0 amide bonds. The van der Waals surface area contributed by atoms with Crippen LogP contribution in [0.2, 0.25) is 0 Å². The zero-order chi connectivity index (χ0) is 13.9. The summed E-state index contributed by atoms with van der Waals surface area (Å²) >= 11 is 0. The van der Waals surface area contributed by atoms with Gasteiger partial charge in [0.1, 0.15) is 11.4 Å². The van der Waals surface area contributed by atoms with Gasteiger partial charge in [-0.1, -0.05) is 18.7 Å². The third-order valence-corrected chi connectivity index (χ3v) is 3.64. The molecular formula is C16H20O3. The van der Waals surface area contributed by atoms with Crippen molar-refractivity contribution in [2.24, 2.45) is 0 Å². The number of hydrogen-bond donors (Lipinski definition) is 1. The number of carbonyl (C=O) groups excluding carboxylic acids is 1. The van der Waals surface area contributed by atoms with Gasteiger partial charge in [-0.2, -0.15) is 0 Å². The number of aromatic hydroxyl groups is 1. The highest BCUT2D eigenvalue weighted by Gasteiger charge is 2.37. The zero-order valence-electron chi connectivity index (χ0n) is 11.3. The zero-order valence-corrected chi connectivity index (χ0v) is 11.3. The fourth-order valence-corrected chi connectivity index (χ4v) is 2.60. The quantitative estimate of drug-likeness (QED) is 0.667. The minimum atomic E-state index is -0.396. The molecule has 0 saturated heterocycles. The molecule has 1 saturated carbocycles. The first kappa shape index (κ1) is 13.7. The van der Waals surface area contributed by atoms with Crippen molar-refractivity contribution in [1.29, 1.82) is 0 Å². The van der Waals surface area contributed by atoms with E-state index in [1.807, 2.05) is 12.1 Å². The molecule has 0 bridgehead atoms. The van der Waals surface area contributed by atoms with Crippen molar-refractivity contribution in [3.05, 3.63) is 42.0 Å². The molecule has 1 aliphatic rings. The number of carbonyl (C=O) groups is 1. The van der Waals surface area contributed by atoms with Gasteiger partial charge in [-0.25, -0.2) is 4.79 Å². The van der Waals surface area contributed by atoms with Crippen molar-refractivity contribution in [3.63, 3.8) is 0 Å². The summed E-state index contributed by atoms with van der Waals surface area (Å²) in [6.07, 6.45) is 4.66. The number of esters is 1. The fraction of sp³-hybridized carbons (Fsp3) is 0.438. The molecule has 19 heavy (non-hydrogen) atoms. The lowest BCUT2D eigenvalue weighted by Gasteiger charge is -2.29. The molecule has 0 radical (unpaired) electrons. The van der Waals surface area contributed by atoms with Crippen LogP contribution in [0.3, 0.4) is 0 Å². The molecule has 0 aliphatic heterocycles. The Balaban J connectivity index is 2.13. The third kappa shape index (κ3) is 3.37. The number of hydrogen-bond acceptors (Lipinski definition) is 3. The summed E-state index contributed by atoms with van der Waals surface area (Å²) in [7, 11) is 0. The maximum atomic E-state index is 11.8. The van der Waals surface area contributed by atoms with Gasteiger partial charge in [0.05, 0.1) is 0 Å². The molecular weight excluding hydrogens is 240 g/mol. The van der Waals surface area contributed by atoms with Gasteiger partial charge in [0.25, 0.3) is 0 Å². The third-order valence-electron chi connectivity index (χ3n) is 3.64. The summed E-state index contributed by atoms with van der Waals surface area (Å²) in [5, 5.41) is 9.30. The van der Waals surface area contributed by atoms with Crippen molar-refractivity contribution in [1.82, 2.24) is 0 Å². The second kappa shape index (κ2) is 5.47. The SMILES string of the molecule is C=C(C)C(=O)OC1(Cc2ccc(O)cc2)CCCC1. The predicted molar refractivity (Wildman–Crippen MR) is 73.9 cm³/mol. The number of rotatable bonds is 4. The smallest absolute Gasteiger partial charge is 0.333 e. The van der Waals surface area contributed by atoms with Gasteiger partial charge in [0.15, 0.2) is 0 Å². The average Bonchev–Trinajstić information content (AvgIpc) is 2.80. The lowest BCUT2D eigenvalue weighted by Crippen LogP contribution is -2.34. The highest BCUT2D eigenvalue weighted by atomic mass is 16.6. The molecule has 3 heteroatoms. The molecule has 0 atom stereocenters. The molecule has 1 fully saturated rings. The van der Waals surface area contributed by atoms with Gasteiger partial charge in [-0.3, -0.25) is 0 Å². The second-order valence-electron chi connectivity index (χ2n) is 5.40. The predicted octanol–water partition coefficient (Wildman–Crippen LogP) is 3.37. The minimum absolute atomic E-state index is 0.253. The molecule has 0 aromatic heterocycles. The molecule has 1 N–H and O–H groups in total. The number of ether oxygens (including phenoxy) is 1. The van der Waals surface area contributed by atoms with Crippen LogP contribution in [0.1, 0.15) is 38.2 Å². The second-order valence-corrected chi connectivity index (χ2v) is 5.40. The Hall–Kier alpha value is -1.77. The van der Waals surface area contributed by atoms with E-state index in [-0.39, 0.29) is 11.7 Å². The van der Waals surface area contributed by atoms with Gasteiger partial charge in [-0.15, -0.1) is 0 Å². The lowest BCUT2D eigenvalue weighted by atomic mass is 9.92. The Labute approximate surface area is 113 Å². The van der Waals surface area contributed by atoms with E-state index in [0.29, 0.717) is 12.0 Å². The van der Waals surface area contributed by atoms with Crippen LogP contribution in [0.25, 0.3) is 0 Å². The Morgan fingerprint density at radius 3 is 2.42 bits per heavy atom. The first-order chi connectivity index (χ1) is 9.01. The summed E-state index contributed by atoms with van der Waals surface area (Å²) in [6.45, 7) is 5.31. The summed E-state index contributed by atoms with van der Waals surface area (Å²) in [5.41, 5.74) is 1.12. The first-order valence-electron chi connectivity index (χ1n) is 6.68. The summed E-state index contributed by atoms with van der Waals surface area (Å²) < 4.78 is 5.69. The van der Waals surface area contributed by atoms with E-state index < -0.39 is 5.60 Å². The standard InChI is InChI=1S/C16H20O3/c1-12(2)15(18)19-16(9-3-4-10-16)11-13-5-7-14(17)8-6-13/h5-8,17H,1,3-4,9-11H2,2H3. The van der Waals surface area contributed by atoms with Crippen LogP contribution in [0, 0.1) is 0 Å². The largest absolute Gasteiger partial charge is 0.508 e. The summed E-state index contributed by atoms with van der Waals surface area (Å²) in [4.78, 5) is 11.8. The van der Waals surface area contributed by atoms with Crippen molar-refractivity contribution < 1.29 is 14.6 Å². The molecule has 0 unspecified atom stereocenters. The molecule has 2 rings (SSSR count). The Bertz CT molecular complexity index is 467. The number of phenolic OH excluding ortho intramolecular Hbond substituents is 1. The summed E-state index contributed by atoms with van der Waals surface area (Å²) in [6, 6.07) is 7.09. The van der Waals surface area contributed by atoms with E-state index in [1.54, 1.807) is 19.1 Å². The normalized spacial score (nSPS) is 17.1. The summed E-state index contributed by atoms with van der Waals surface area (Å²) in [5.74, 6) is -0.0520. The fourth-order valence-electron chi connectivity index (χ4n) is 2.60. The van der Waals surface area contributed by atoms with Crippen molar-refractivity contribution >= 4 is 5.97 Å². The van der Waals surface area contributed by atoms with Crippen LogP contribution in [0.5, 0.6) is 5.75 Å². The van der Waals surface area contributed by atoms with Crippen molar-refractivity contribution in [2.45, 2.75) is 44.6 Å². The van der Waals surface area contributed by atoms with Crippen molar-refractivity contribution in [3.8, 4) is 5.75 Å². The van der Waals surface area contributed by atoms with E-state index in [9.17, 15) is 9.90 Å². The van der Waals surface area contributed by atoms with Crippen molar-refractivity contribution in [2.75, 3.05) is 0 Å². The van der Waals surface area contributed by atoms with Gasteiger partial charge in [0, 0.05) is 12.0 Å². The van der Waals surface area contributed by atoms with E-state index in [0.717, 1.165) is 31.2 Å². The van der Waals surface area contributed by atoms with E-state index in [4.69, 9.17) is 4.74 Å². The van der Waals surface area contributed by atoms with Crippen LogP contribution in [0.15, 0.2) is 36.4 Å². The molecule has 0 spiro atoms. The van der Waals surface area contributed by atoms with Crippen LogP contribution < -0.4 is 0 Å². The molecule has 1 aromatic rings. The maximum absolute atomic E-state index is 11.8. The van der Waals surface area contributed by atoms with Crippen LogP contribution in [-0.4, -0.2) is 16.7 Å². The van der Waals surface area contributed by atoms with Crippen LogP contribution in [-0.2, 0) is 16.0 Å². The van der Waals surface area contributed by atoms with E-state index in [2.05, 4.69) is 6.58 Å². The molecule has 0 heterocycles. The van der Waals surface area contributed by atoms with Gasteiger partial charge >= 0.3 is 5.97 Å². The first-order valence-corrected chi connectivity index (χ1v) is 6.68. The molecule has 102 valence electrons. The van der Waals surface area contributed by atoms with E-state index in [1.165, 1.54) is 0 Å². The molecule has 1 aromatic carbocycles. The highest BCUT2D eigenvalue weighted by Crippen LogP contribution is 2.37. The topological polar surface area (TPSA) is 46.5 Å². The van der Waals surface area contributed by atoms with Crippen LogP contribution >= 0.6 is 0 Å². The average molecular weight is 260 g/mol. The Kier molecular flexibility index (Phi) is 3.93. The molecule has 1 aliphatic carbocycles. The van der Waals surface area contributed by atoms with Gasteiger partial charge < -0.3 is 9.84 Å². The minimum Gasteiger partial charge on any atom is -0.508 e. The number of benzene rings is 1. The molecule has 3 nitrogen and oxygen atoms in total. The monoisotopic (exact) mass is 260 g/mol.